The molecule has 0 amide bonds. The first-order chi connectivity index (χ1) is 16.1. The number of ether oxygens (including phenoxy) is 2. The first-order valence-electron chi connectivity index (χ1n) is 10.8. The van der Waals surface area contributed by atoms with Gasteiger partial charge < -0.3 is 23.9 Å². The van der Waals surface area contributed by atoms with E-state index < -0.39 is 18.9 Å². The highest BCUT2D eigenvalue weighted by molar-refractivity contribution is 7.15. The number of fused-ring (bicyclic) bond motifs is 1. The first kappa shape index (κ1) is 26.0. The van der Waals surface area contributed by atoms with Crippen LogP contribution < -0.4 is 9.64 Å². The average molecular weight is 520 g/mol. The van der Waals surface area contributed by atoms with Gasteiger partial charge in [-0.1, -0.05) is 18.3 Å². The van der Waals surface area contributed by atoms with Crippen molar-refractivity contribution in [2.75, 3.05) is 43.2 Å². The van der Waals surface area contributed by atoms with Gasteiger partial charge in [0.05, 0.1) is 29.3 Å². The van der Waals surface area contributed by atoms with Crippen molar-refractivity contribution >= 4 is 50.8 Å². The van der Waals surface area contributed by atoms with Crippen molar-refractivity contribution in [3.63, 3.8) is 0 Å². The van der Waals surface area contributed by atoms with E-state index in [0.29, 0.717) is 35.8 Å². The van der Waals surface area contributed by atoms with Crippen LogP contribution in [0.5, 0.6) is 5.75 Å². The summed E-state index contributed by atoms with van der Waals surface area (Å²) in [6.45, 7) is 4.51. The highest BCUT2D eigenvalue weighted by Gasteiger charge is 2.20. The molecule has 1 fully saturated rings. The van der Waals surface area contributed by atoms with Gasteiger partial charge >= 0.3 is 0 Å². The Morgan fingerprint density at radius 3 is 2.88 bits per heavy atom. The Morgan fingerprint density at radius 1 is 1.30 bits per heavy atom. The molecule has 4 rings (SSSR count). The SMILES string of the molecule is CCC(CF)Oc1ccc2nc(CC(O)c3cnc(N4CCCOCC4)s3)oc2c1.ClCCl. The summed E-state index contributed by atoms with van der Waals surface area (Å²) < 4.78 is 29.8. The van der Waals surface area contributed by atoms with Gasteiger partial charge in [0.1, 0.15) is 24.0 Å². The quantitative estimate of drug-likeness (QED) is 0.402. The van der Waals surface area contributed by atoms with Gasteiger partial charge in [0.25, 0.3) is 0 Å². The molecule has 1 aromatic carbocycles. The third-order valence-electron chi connectivity index (χ3n) is 5.03. The summed E-state index contributed by atoms with van der Waals surface area (Å²) >= 11 is 11.0. The highest BCUT2D eigenvalue weighted by atomic mass is 35.5. The van der Waals surface area contributed by atoms with Crippen molar-refractivity contribution < 1.29 is 23.4 Å². The van der Waals surface area contributed by atoms with E-state index in [4.69, 9.17) is 37.1 Å². The van der Waals surface area contributed by atoms with E-state index in [-0.39, 0.29) is 11.8 Å². The Bertz CT molecular complexity index is 978. The highest BCUT2D eigenvalue weighted by Crippen LogP contribution is 2.31. The Balaban J connectivity index is 0.000000968. The van der Waals surface area contributed by atoms with Crippen molar-refractivity contribution in [1.29, 1.82) is 0 Å². The van der Waals surface area contributed by atoms with Gasteiger partial charge in [-0.25, -0.2) is 14.4 Å². The van der Waals surface area contributed by atoms with E-state index in [1.807, 2.05) is 6.92 Å². The molecule has 182 valence electrons. The Labute approximate surface area is 206 Å². The molecule has 2 atom stereocenters. The van der Waals surface area contributed by atoms with Crippen molar-refractivity contribution in [3.05, 3.63) is 35.2 Å². The van der Waals surface area contributed by atoms with Crippen LogP contribution in [0.3, 0.4) is 0 Å². The minimum atomic E-state index is -0.751. The van der Waals surface area contributed by atoms with Gasteiger partial charge in [-0.15, -0.1) is 23.2 Å². The van der Waals surface area contributed by atoms with Gasteiger partial charge in [0, 0.05) is 32.0 Å². The molecule has 3 heterocycles. The Morgan fingerprint density at radius 2 is 2.12 bits per heavy atom. The average Bonchev–Trinajstić information content (AvgIpc) is 3.37. The maximum Gasteiger partial charge on any atom is 0.198 e. The number of alkyl halides is 3. The van der Waals surface area contributed by atoms with Crippen molar-refractivity contribution in [3.8, 4) is 5.75 Å². The minimum absolute atomic E-state index is 0.194. The molecule has 0 radical (unpaired) electrons. The summed E-state index contributed by atoms with van der Waals surface area (Å²) in [4.78, 5) is 11.9. The van der Waals surface area contributed by atoms with Crippen LogP contribution in [0, 0.1) is 0 Å². The fourth-order valence-corrected chi connectivity index (χ4v) is 4.26. The van der Waals surface area contributed by atoms with Gasteiger partial charge in [-0.2, -0.15) is 0 Å². The molecule has 0 spiro atoms. The molecule has 3 aromatic rings. The maximum absolute atomic E-state index is 12.9. The van der Waals surface area contributed by atoms with E-state index in [0.717, 1.165) is 36.1 Å². The number of oxazole rings is 1. The van der Waals surface area contributed by atoms with E-state index in [9.17, 15) is 9.50 Å². The molecule has 2 unspecified atom stereocenters. The summed E-state index contributed by atoms with van der Waals surface area (Å²) in [5.74, 6) is 0.981. The second-order valence-corrected chi connectivity index (χ2v) is 9.21. The molecule has 1 aliphatic rings. The lowest BCUT2D eigenvalue weighted by Crippen LogP contribution is -2.25. The van der Waals surface area contributed by atoms with Crippen LogP contribution in [0.2, 0.25) is 0 Å². The number of nitrogens with zero attached hydrogens (tertiary/aromatic N) is 3. The Kier molecular flexibility index (Phi) is 10.5. The molecular weight excluding hydrogens is 492 g/mol. The monoisotopic (exact) mass is 519 g/mol. The molecular formula is C22H28Cl2FN3O4S. The van der Waals surface area contributed by atoms with Gasteiger partial charge in [0.2, 0.25) is 0 Å². The number of benzene rings is 1. The van der Waals surface area contributed by atoms with Crippen LogP contribution in [0.15, 0.2) is 28.8 Å². The van der Waals surface area contributed by atoms with Gasteiger partial charge in [-0.3, -0.25) is 0 Å². The molecule has 1 N–H and O–H groups in total. The maximum atomic E-state index is 12.9. The van der Waals surface area contributed by atoms with E-state index >= 15 is 0 Å². The van der Waals surface area contributed by atoms with E-state index in [1.54, 1.807) is 24.4 Å². The zero-order valence-corrected chi connectivity index (χ0v) is 20.7. The summed E-state index contributed by atoms with van der Waals surface area (Å²) in [7, 11) is 0. The third kappa shape index (κ3) is 7.42. The fraction of sp³-hybridized carbons (Fsp3) is 0.545. The topological polar surface area (TPSA) is 80.9 Å². The second-order valence-electron chi connectivity index (χ2n) is 7.36. The van der Waals surface area contributed by atoms with Crippen LogP contribution in [0.25, 0.3) is 11.1 Å². The standard InChI is InChI=1S/C21H26FN3O4S.CH2Cl2/c1-2-14(12-22)28-15-4-5-16-18(10-15)29-20(24-16)11-17(26)19-13-23-21(30-19)25-6-3-8-27-9-7-25;2-1-3/h4-5,10,13-14,17,26H,2-3,6-9,11-12H2,1H3;1H2. The number of aromatic nitrogens is 2. The lowest BCUT2D eigenvalue weighted by atomic mass is 10.2. The van der Waals surface area contributed by atoms with E-state index in [2.05, 4.69) is 14.9 Å². The van der Waals surface area contributed by atoms with Crippen molar-refractivity contribution in [2.45, 2.75) is 38.4 Å². The first-order valence-corrected chi connectivity index (χ1v) is 12.7. The molecule has 1 saturated heterocycles. The lowest BCUT2D eigenvalue weighted by Gasteiger charge is -2.17. The molecule has 0 aliphatic carbocycles. The zero-order chi connectivity index (χ0) is 23.6. The molecule has 2 aromatic heterocycles. The summed E-state index contributed by atoms with van der Waals surface area (Å²) in [5.41, 5.74) is 1.23. The predicted molar refractivity (Wildman–Crippen MR) is 130 cm³/mol. The molecule has 11 heteroatoms. The van der Waals surface area contributed by atoms with Crippen molar-refractivity contribution in [1.82, 2.24) is 9.97 Å². The predicted octanol–water partition coefficient (Wildman–Crippen LogP) is 5.34. The number of rotatable bonds is 8. The molecule has 0 saturated carbocycles. The van der Waals surface area contributed by atoms with Crippen LogP contribution in [-0.2, 0) is 11.2 Å². The van der Waals surface area contributed by atoms with Crippen LogP contribution >= 0.6 is 34.5 Å². The smallest absolute Gasteiger partial charge is 0.198 e. The molecule has 7 nitrogen and oxygen atoms in total. The fourth-order valence-electron chi connectivity index (χ4n) is 3.31. The minimum Gasteiger partial charge on any atom is -0.488 e. The number of halogens is 3. The number of anilines is 1. The van der Waals surface area contributed by atoms with E-state index in [1.165, 1.54) is 11.3 Å². The molecule has 0 bridgehead atoms. The van der Waals surface area contributed by atoms with Crippen LogP contribution in [0.4, 0.5) is 9.52 Å². The summed E-state index contributed by atoms with van der Waals surface area (Å²) in [5, 5.41) is 11.8. The Hall–Kier alpha value is -1.65. The number of thiazole rings is 1. The molecule has 33 heavy (non-hydrogen) atoms. The number of hydrogen-bond donors (Lipinski definition) is 1. The van der Waals surface area contributed by atoms with Crippen LogP contribution in [-0.4, -0.2) is 59.5 Å². The zero-order valence-electron chi connectivity index (χ0n) is 18.4. The second kappa shape index (κ2) is 13.3. The van der Waals surface area contributed by atoms with Crippen molar-refractivity contribution in [2.24, 2.45) is 0 Å². The lowest BCUT2D eigenvalue weighted by molar-refractivity contribution is 0.152. The summed E-state index contributed by atoms with van der Waals surface area (Å²) in [6.07, 6.45) is 2.30. The number of hydrogen-bond acceptors (Lipinski definition) is 8. The number of aliphatic hydroxyl groups is 1. The van der Waals surface area contributed by atoms with Gasteiger partial charge in [-0.05, 0) is 25.0 Å². The number of aliphatic hydroxyl groups excluding tert-OH is 1. The normalized spacial score (nSPS) is 16.1. The van der Waals surface area contributed by atoms with Crippen LogP contribution in [0.1, 0.15) is 36.6 Å². The van der Waals surface area contributed by atoms with Gasteiger partial charge in [0.15, 0.2) is 16.6 Å². The third-order valence-corrected chi connectivity index (χ3v) is 6.19. The molecule has 1 aliphatic heterocycles. The largest absolute Gasteiger partial charge is 0.488 e. The summed E-state index contributed by atoms with van der Waals surface area (Å²) in [6, 6.07) is 5.24.